The Hall–Kier alpha value is -3.89. The Bertz CT molecular complexity index is 1610. The van der Waals surface area contributed by atoms with Gasteiger partial charge < -0.3 is 18.9 Å². The van der Waals surface area contributed by atoms with Crippen LogP contribution in [0.5, 0.6) is 17.2 Å². The average Bonchev–Trinajstić information content (AvgIpc) is 3.38. The van der Waals surface area contributed by atoms with Crippen molar-refractivity contribution in [3.8, 4) is 17.2 Å². The summed E-state index contributed by atoms with van der Waals surface area (Å²) in [5, 5.41) is 0. The fraction of sp³-hybridized carbons (Fsp3) is 0.444. The summed E-state index contributed by atoms with van der Waals surface area (Å²) in [6.45, 7) is 5.78. The first kappa shape index (κ1) is 35.0. The van der Waals surface area contributed by atoms with Gasteiger partial charge in [0.15, 0.2) is 17.0 Å². The molecule has 9 nitrogen and oxygen atoms in total. The zero-order valence-corrected chi connectivity index (χ0v) is 28.5. The molecular weight excluding hydrogens is 604 g/mol. The molecule has 2 atom stereocenters. The Balaban J connectivity index is 1.85. The number of carbonyl (C=O) groups is 1. The van der Waals surface area contributed by atoms with Gasteiger partial charge in [-0.25, -0.2) is 22.9 Å². The molecule has 0 saturated carbocycles. The quantitative estimate of drug-likeness (QED) is 0.128. The zero-order valence-electron chi connectivity index (χ0n) is 27.7. The summed E-state index contributed by atoms with van der Waals surface area (Å²) in [5.74, 6) is 0.557. The maximum absolute atomic E-state index is 14.2. The Morgan fingerprint density at radius 1 is 0.870 bits per heavy atom. The molecule has 4 rings (SSSR count). The maximum Gasteiger partial charge on any atom is 0.342 e. The summed E-state index contributed by atoms with van der Waals surface area (Å²) in [5.41, 5.74) is 1.12. The number of esters is 1. The first-order valence-electron chi connectivity index (χ1n) is 15.8. The van der Waals surface area contributed by atoms with E-state index >= 15 is 0 Å². The van der Waals surface area contributed by atoms with Crippen molar-refractivity contribution in [2.45, 2.75) is 88.6 Å². The molecule has 0 aromatic heterocycles. The average molecular weight is 651 g/mol. The lowest BCUT2D eigenvalue weighted by Crippen LogP contribution is -2.56. The van der Waals surface area contributed by atoms with Crippen LogP contribution < -0.4 is 18.9 Å². The highest BCUT2D eigenvalue weighted by Crippen LogP contribution is 2.41. The lowest BCUT2D eigenvalue weighted by atomic mass is 9.82. The molecule has 2 unspecified atom stereocenters. The summed E-state index contributed by atoms with van der Waals surface area (Å²) >= 11 is 0. The number of rotatable bonds is 17. The number of hydrogen-bond acceptors (Lipinski definition) is 8. The number of methoxy groups -OCH3 is 3. The molecule has 0 saturated heterocycles. The Morgan fingerprint density at radius 2 is 1.52 bits per heavy atom. The number of aliphatic imine (C=N–C) groups is 1. The molecule has 3 aromatic carbocycles. The lowest BCUT2D eigenvalue weighted by molar-refractivity contribution is -0.140. The van der Waals surface area contributed by atoms with E-state index in [9.17, 15) is 13.2 Å². The number of sulfonamides is 1. The maximum atomic E-state index is 14.2. The topological polar surface area (TPSA) is 113 Å². The van der Waals surface area contributed by atoms with Crippen molar-refractivity contribution in [2.75, 3.05) is 21.3 Å². The van der Waals surface area contributed by atoms with Crippen molar-refractivity contribution in [1.29, 1.82) is 0 Å². The van der Waals surface area contributed by atoms with E-state index in [0.29, 0.717) is 41.2 Å². The predicted octanol–water partition coefficient (Wildman–Crippen LogP) is 6.71. The van der Waals surface area contributed by atoms with Gasteiger partial charge in [0.25, 0.3) is 0 Å². The van der Waals surface area contributed by atoms with E-state index in [1.165, 1.54) is 21.3 Å². The number of nitrogens with one attached hydrogen (secondary N) is 1. The standard InChI is InChI=1S/C36H46N2O7S/c1-7-8-9-10-11-15-18-32(38-46(40,41)31-21-25(2)19-20-26(31)3)36(24-27-16-13-12-14-17-27)35(39)45-34(37-36)28-22-29(42-4)33(44-6)30(23-28)43-5/h12-14,16-17,19-23,32,38H,7-11,15,18,24H2,1-6H3. The third-order valence-electron chi connectivity index (χ3n) is 8.43. The molecule has 10 heteroatoms. The minimum atomic E-state index is -4.05. The fourth-order valence-electron chi connectivity index (χ4n) is 5.89. The van der Waals surface area contributed by atoms with E-state index in [1.807, 2.05) is 43.3 Å². The van der Waals surface area contributed by atoms with E-state index < -0.39 is 27.6 Å². The van der Waals surface area contributed by atoms with E-state index in [-0.39, 0.29) is 17.2 Å². The number of carbonyl (C=O) groups excluding carboxylic acids is 1. The Kier molecular flexibility index (Phi) is 11.9. The molecule has 0 aliphatic carbocycles. The van der Waals surface area contributed by atoms with Crippen LogP contribution in [0, 0.1) is 13.8 Å². The first-order chi connectivity index (χ1) is 22.1. The highest BCUT2D eigenvalue weighted by Gasteiger charge is 2.53. The van der Waals surface area contributed by atoms with Crippen molar-refractivity contribution in [1.82, 2.24) is 4.72 Å². The summed E-state index contributed by atoms with van der Waals surface area (Å²) in [6.07, 6.45) is 6.55. The van der Waals surface area contributed by atoms with Crippen LogP contribution in [0.1, 0.15) is 74.1 Å². The highest BCUT2D eigenvalue weighted by atomic mass is 32.2. The van der Waals surface area contributed by atoms with E-state index in [0.717, 1.165) is 43.2 Å². The van der Waals surface area contributed by atoms with E-state index in [4.69, 9.17) is 23.9 Å². The van der Waals surface area contributed by atoms with Crippen LogP contribution >= 0.6 is 0 Å². The smallest absolute Gasteiger partial charge is 0.342 e. The number of unbranched alkanes of at least 4 members (excludes halogenated alkanes) is 5. The number of aryl methyl sites for hydroxylation is 2. The Morgan fingerprint density at radius 3 is 2.15 bits per heavy atom. The van der Waals surface area contributed by atoms with Gasteiger partial charge in [0.1, 0.15) is 0 Å². The number of benzene rings is 3. The molecule has 248 valence electrons. The fourth-order valence-corrected chi connectivity index (χ4v) is 7.53. The van der Waals surface area contributed by atoms with Crippen molar-refractivity contribution in [3.63, 3.8) is 0 Å². The third-order valence-corrected chi connectivity index (χ3v) is 10.0. The van der Waals surface area contributed by atoms with Crippen LogP contribution in [0.4, 0.5) is 0 Å². The summed E-state index contributed by atoms with van der Waals surface area (Å²) in [6, 6.07) is 17.2. The second-order valence-corrected chi connectivity index (χ2v) is 13.5. The monoisotopic (exact) mass is 650 g/mol. The molecule has 0 amide bonds. The minimum absolute atomic E-state index is 0.0547. The number of nitrogens with zero attached hydrogens (tertiary/aromatic N) is 1. The summed E-state index contributed by atoms with van der Waals surface area (Å²) < 4.78 is 53.6. The SMILES string of the molecule is CCCCCCCCC(NS(=O)(=O)c1cc(C)ccc1C)C1(Cc2ccccc2)N=C(c2cc(OC)c(OC)c(OC)c2)OC1=O. The van der Waals surface area contributed by atoms with Crippen molar-refractivity contribution >= 4 is 21.9 Å². The molecular formula is C36H46N2O7S. The largest absolute Gasteiger partial charge is 0.493 e. The number of hydrogen-bond donors (Lipinski definition) is 1. The molecule has 0 spiro atoms. The molecule has 0 bridgehead atoms. The normalized spacial score (nSPS) is 16.9. The minimum Gasteiger partial charge on any atom is -0.493 e. The Labute approximate surface area is 273 Å². The van der Waals surface area contributed by atoms with Gasteiger partial charge in [-0.15, -0.1) is 0 Å². The summed E-state index contributed by atoms with van der Waals surface area (Å²) in [4.78, 5) is 19.4. The van der Waals surface area contributed by atoms with Crippen molar-refractivity contribution in [2.24, 2.45) is 4.99 Å². The van der Waals surface area contributed by atoms with Crippen LogP contribution in [0.2, 0.25) is 0 Å². The van der Waals surface area contributed by atoms with Crippen LogP contribution in [-0.2, 0) is 26.0 Å². The second kappa shape index (κ2) is 15.6. The molecule has 1 heterocycles. The molecule has 0 fully saturated rings. The number of ether oxygens (including phenoxy) is 4. The van der Waals surface area contributed by atoms with Gasteiger partial charge in [-0.3, -0.25) is 0 Å². The number of cyclic esters (lactones) is 1. The molecule has 1 N–H and O–H groups in total. The van der Waals surface area contributed by atoms with Gasteiger partial charge in [0.05, 0.1) is 32.3 Å². The molecule has 46 heavy (non-hydrogen) atoms. The second-order valence-electron chi connectivity index (χ2n) is 11.8. The van der Waals surface area contributed by atoms with Gasteiger partial charge in [-0.05, 0) is 55.2 Å². The third kappa shape index (κ3) is 7.90. The van der Waals surface area contributed by atoms with Gasteiger partial charge in [-0.2, -0.15) is 0 Å². The van der Waals surface area contributed by atoms with E-state index in [2.05, 4.69) is 11.6 Å². The van der Waals surface area contributed by atoms with Crippen molar-refractivity contribution in [3.05, 3.63) is 82.9 Å². The van der Waals surface area contributed by atoms with Crippen LogP contribution in [0.15, 0.2) is 70.6 Å². The van der Waals surface area contributed by atoms with Crippen LogP contribution in [0.3, 0.4) is 0 Å². The first-order valence-corrected chi connectivity index (χ1v) is 17.3. The summed E-state index contributed by atoms with van der Waals surface area (Å²) in [7, 11) is 0.459. The van der Waals surface area contributed by atoms with Crippen LogP contribution in [-0.4, -0.2) is 53.2 Å². The van der Waals surface area contributed by atoms with Gasteiger partial charge >= 0.3 is 5.97 Å². The zero-order chi connectivity index (χ0) is 33.3. The molecule has 1 aliphatic rings. The molecule has 1 aliphatic heterocycles. The van der Waals surface area contributed by atoms with Crippen LogP contribution in [0.25, 0.3) is 0 Å². The van der Waals surface area contributed by atoms with Crippen molar-refractivity contribution < 1.29 is 32.2 Å². The van der Waals surface area contributed by atoms with Gasteiger partial charge in [0.2, 0.25) is 21.7 Å². The lowest BCUT2D eigenvalue weighted by Gasteiger charge is -2.32. The highest BCUT2D eigenvalue weighted by molar-refractivity contribution is 7.89. The predicted molar refractivity (Wildman–Crippen MR) is 180 cm³/mol. The van der Waals surface area contributed by atoms with Gasteiger partial charge in [0, 0.05) is 12.0 Å². The molecule has 0 radical (unpaired) electrons. The van der Waals surface area contributed by atoms with E-state index in [1.54, 1.807) is 31.2 Å². The van der Waals surface area contributed by atoms with Gasteiger partial charge in [-0.1, -0.05) is 87.9 Å². The molecule has 3 aromatic rings.